The van der Waals surface area contributed by atoms with Crippen LogP contribution in [0, 0.1) is 0 Å². The van der Waals surface area contributed by atoms with Crippen molar-refractivity contribution in [3.63, 3.8) is 0 Å². The zero-order chi connectivity index (χ0) is 18.5. The predicted molar refractivity (Wildman–Crippen MR) is 110 cm³/mol. The van der Waals surface area contributed by atoms with Crippen molar-refractivity contribution in [3.05, 3.63) is 53.0 Å². The Morgan fingerprint density at radius 3 is 2.65 bits per heavy atom. The maximum atomic E-state index is 12.5. The molecule has 0 bridgehead atoms. The van der Waals surface area contributed by atoms with Gasteiger partial charge in [0.25, 0.3) is 5.22 Å². The molecule has 0 unspecified atom stereocenters. The van der Waals surface area contributed by atoms with Crippen LogP contribution in [-0.4, -0.2) is 27.6 Å². The largest absolute Gasteiger partial charge is 0.411 e. The number of nitrogens with zero attached hydrogens (tertiary/aromatic N) is 2. The highest BCUT2D eigenvalue weighted by Crippen LogP contribution is 2.31. The SMILES string of the molecule is CSc1ccccc1NC(=O)[C@@H](C)Sc1nnc(-c2ccccc2Br)o1. The summed E-state index contributed by atoms with van der Waals surface area (Å²) in [5.74, 6) is 0.303. The average molecular weight is 450 g/mol. The minimum atomic E-state index is -0.377. The van der Waals surface area contributed by atoms with Crippen molar-refractivity contribution >= 4 is 51.0 Å². The summed E-state index contributed by atoms with van der Waals surface area (Å²) in [6.45, 7) is 1.81. The van der Waals surface area contributed by atoms with E-state index >= 15 is 0 Å². The van der Waals surface area contributed by atoms with Gasteiger partial charge in [-0.25, -0.2) is 0 Å². The van der Waals surface area contributed by atoms with Crippen LogP contribution in [0.4, 0.5) is 5.69 Å². The van der Waals surface area contributed by atoms with Gasteiger partial charge in [0.2, 0.25) is 11.8 Å². The van der Waals surface area contributed by atoms with Crippen molar-refractivity contribution < 1.29 is 9.21 Å². The van der Waals surface area contributed by atoms with Gasteiger partial charge in [0.05, 0.1) is 16.5 Å². The second kappa shape index (κ2) is 8.75. The van der Waals surface area contributed by atoms with Crippen LogP contribution < -0.4 is 5.32 Å². The fraction of sp³-hybridized carbons (Fsp3) is 0.167. The van der Waals surface area contributed by atoms with E-state index in [1.54, 1.807) is 11.8 Å². The number of benzene rings is 2. The first-order valence-electron chi connectivity index (χ1n) is 7.77. The molecule has 1 atom stereocenters. The molecule has 0 saturated heterocycles. The molecule has 1 N–H and O–H groups in total. The number of amides is 1. The Morgan fingerprint density at radius 1 is 1.15 bits per heavy atom. The van der Waals surface area contributed by atoms with Gasteiger partial charge in [-0.3, -0.25) is 4.79 Å². The first-order valence-corrected chi connectivity index (χ1v) is 10.7. The molecule has 0 saturated carbocycles. The van der Waals surface area contributed by atoms with Gasteiger partial charge in [-0.2, -0.15) is 0 Å². The van der Waals surface area contributed by atoms with Gasteiger partial charge in [-0.1, -0.05) is 36.0 Å². The first kappa shape index (κ1) is 19.0. The van der Waals surface area contributed by atoms with Gasteiger partial charge in [-0.05, 0) is 53.4 Å². The van der Waals surface area contributed by atoms with Gasteiger partial charge in [-0.15, -0.1) is 22.0 Å². The standard InChI is InChI=1S/C18H16BrN3O2S2/c1-11(16(23)20-14-9-5-6-10-15(14)25-2)26-18-22-21-17(24-18)12-7-3-4-8-13(12)19/h3-11H,1-2H3,(H,20,23)/t11-/m1/s1. The van der Waals surface area contributed by atoms with Crippen LogP contribution in [0.25, 0.3) is 11.5 Å². The number of hydrogen-bond donors (Lipinski definition) is 1. The number of carbonyl (C=O) groups is 1. The number of aromatic nitrogens is 2. The third-order valence-corrected chi connectivity index (χ3v) is 5.94. The molecule has 26 heavy (non-hydrogen) atoms. The summed E-state index contributed by atoms with van der Waals surface area (Å²) in [5.41, 5.74) is 1.62. The molecule has 0 aliphatic carbocycles. The highest BCUT2D eigenvalue weighted by atomic mass is 79.9. The lowest BCUT2D eigenvalue weighted by Crippen LogP contribution is -2.22. The van der Waals surface area contributed by atoms with Crippen LogP contribution in [0.2, 0.25) is 0 Å². The maximum absolute atomic E-state index is 12.5. The quantitative estimate of drug-likeness (QED) is 0.512. The van der Waals surface area contributed by atoms with E-state index in [1.165, 1.54) is 11.8 Å². The first-order chi connectivity index (χ1) is 12.6. The topological polar surface area (TPSA) is 68.0 Å². The molecule has 134 valence electrons. The van der Waals surface area contributed by atoms with Crippen molar-refractivity contribution in [2.75, 3.05) is 11.6 Å². The molecule has 3 aromatic rings. The molecule has 0 aliphatic rings. The molecule has 1 heterocycles. The van der Waals surface area contributed by atoms with Gasteiger partial charge in [0.1, 0.15) is 0 Å². The smallest absolute Gasteiger partial charge is 0.277 e. The Hall–Kier alpha value is -1.77. The summed E-state index contributed by atoms with van der Waals surface area (Å²) >= 11 is 6.29. The lowest BCUT2D eigenvalue weighted by atomic mass is 10.2. The zero-order valence-electron chi connectivity index (χ0n) is 14.1. The van der Waals surface area contributed by atoms with Crippen LogP contribution in [0.1, 0.15) is 6.92 Å². The van der Waals surface area contributed by atoms with Crippen molar-refractivity contribution in [1.29, 1.82) is 0 Å². The molecule has 3 rings (SSSR count). The van der Waals surface area contributed by atoms with Crippen LogP contribution in [0.15, 0.2) is 67.5 Å². The van der Waals surface area contributed by atoms with Gasteiger partial charge >= 0.3 is 0 Å². The molecular weight excluding hydrogens is 434 g/mol. The molecule has 0 aliphatic heterocycles. The minimum Gasteiger partial charge on any atom is -0.411 e. The lowest BCUT2D eigenvalue weighted by molar-refractivity contribution is -0.115. The van der Waals surface area contributed by atoms with Crippen molar-refractivity contribution in [3.8, 4) is 11.5 Å². The molecule has 0 fully saturated rings. The van der Waals surface area contributed by atoms with Crippen LogP contribution in [0.5, 0.6) is 0 Å². The summed E-state index contributed by atoms with van der Waals surface area (Å²) < 4.78 is 6.57. The van der Waals surface area contributed by atoms with Crippen LogP contribution >= 0.6 is 39.5 Å². The summed E-state index contributed by atoms with van der Waals surface area (Å²) in [7, 11) is 0. The summed E-state index contributed by atoms with van der Waals surface area (Å²) in [5, 5.41) is 11.0. The molecule has 1 amide bonds. The molecule has 2 aromatic carbocycles. The summed E-state index contributed by atoms with van der Waals surface area (Å²) in [6, 6.07) is 15.3. The average Bonchev–Trinajstić information content (AvgIpc) is 3.10. The van der Waals surface area contributed by atoms with E-state index in [2.05, 4.69) is 31.4 Å². The second-order valence-electron chi connectivity index (χ2n) is 5.30. The lowest BCUT2D eigenvalue weighted by Gasteiger charge is -2.12. The van der Waals surface area contributed by atoms with Gasteiger partial charge < -0.3 is 9.73 Å². The molecule has 1 aromatic heterocycles. The molecule has 8 heteroatoms. The number of halogens is 1. The predicted octanol–water partition coefficient (Wildman–Crippen LogP) is 5.34. The Kier molecular flexibility index (Phi) is 6.39. The molecular formula is C18H16BrN3O2S2. The van der Waals surface area contributed by atoms with E-state index in [4.69, 9.17) is 4.42 Å². The number of anilines is 1. The number of carbonyl (C=O) groups excluding carboxylic acids is 1. The third-order valence-electron chi connectivity index (χ3n) is 3.52. The number of nitrogens with one attached hydrogen (secondary N) is 1. The second-order valence-corrected chi connectivity index (χ2v) is 8.30. The third kappa shape index (κ3) is 4.49. The van der Waals surface area contributed by atoms with E-state index in [-0.39, 0.29) is 11.2 Å². The highest BCUT2D eigenvalue weighted by molar-refractivity contribution is 9.10. The van der Waals surface area contributed by atoms with Crippen molar-refractivity contribution in [2.24, 2.45) is 0 Å². The van der Waals surface area contributed by atoms with E-state index in [0.29, 0.717) is 11.1 Å². The Bertz CT molecular complexity index is 917. The van der Waals surface area contributed by atoms with Gasteiger partial charge in [0.15, 0.2) is 0 Å². The Balaban J connectivity index is 1.67. The van der Waals surface area contributed by atoms with Crippen LogP contribution in [0.3, 0.4) is 0 Å². The number of thioether (sulfide) groups is 2. The Morgan fingerprint density at radius 2 is 1.88 bits per heavy atom. The summed E-state index contributed by atoms with van der Waals surface area (Å²) in [4.78, 5) is 13.5. The van der Waals surface area contributed by atoms with Crippen molar-refractivity contribution in [1.82, 2.24) is 10.2 Å². The molecule has 0 spiro atoms. The number of rotatable bonds is 6. The van der Waals surface area contributed by atoms with E-state index in [9.17, 15) is 4.79 Å². The highest BCUT2D eigenvalue weighted by Gasteiger charge is 2.20. The van der Waals surface area contributed by atoms with E-state index in [1.807, 2.05) is 61.7 Å². The normalized spacial score (nSPS) is 12.0. The van der Waals surface area contributed by atoms with Gasteiger partial charge in [0, 0.05) is 9.37 Å². The molecule has 5 nitrogen and oxygen atoms in total. The van der Waals surface area contributed by atoms with E-state index in [0.717, 1.165) is 20.6 Å². The van der Waals surface area contributed by atoms with E-state index < -0.39 is 0 Å². The number of para-hydroxylation sites is 1. The monoisotopic (exact) mass is 449 g/mol. The Labute approximate surface area is 168 Å². The molecule has 0 radical (unpaired) electrons. The summed E-state index contributed by atoms with van der Waals surface area (Å²) in [6.07, 6.45) is 1.98. The van der Waals surface area contributed by atoms with Crippen LogP contribution in [-0.2, 0) is 4.79 Å². The fourth-order valence-corrected chi connectivity index (χ4v) is 3.88. The maximum Gasteiger partial charge on any atom is 0.277 e. The zero-order valence-corrected chi connectivity index (χ0v) is 17.3. The number of hydrogen-bond acceptors (Lipinski definition) is 6. The minimum absolute atomic E-state index is 0.114. The fourth-order valence-electron chi connectivity index (χ4n) is 2.19. The van der Waals surface area contributed by atoms with Crippen molar-refractivity contribution in [2.45, 2.75) is 22.3 Å².